The van der Waals surface area contributed by atoms with Gasteiger partial charge in [0.1, 0.15) is 12.4 Å². The van der Waals surface area contributed by atoms with Crippen LogP contribution in [0.1, 0.15) is 17.5 Å². The van der Waals surface area contributed by atoms with Crippen molar-refractivity contribution in [2.24, 2.45) is 0 Å². The van der Waals surface area contributed by atoms with Crippen molar-refractivity contribution in [2.45, 2.75) is 30.5 Å². The van der Waals surface area contributed by atoms with Crippen LogP contribution in [0.3, 0.4) is 0 Å². The maximum Gasteiger partial charge on any atom is 0.262 e. The van der Waals surface area contributed by atoms with Gasteiger partial charge in [0.15, 0.2) is 5.16 Å². The summed E-state index contributed by atoms with van der Waals surface area (Å²) in [6, 6.07) is 19.5. The third kappa shape index (κ3) is 5.06. The molecule has 9 heteroatoms. The number of hydrogen-bond acceptors (Lipinski definition) is 7. The van der Waals surface area contributed by atoms with Gasteiger partial charge >= 0.3 is 0 Å². The fourth-order valence-corrected chi connectivity index (χ4v) is 4.77. The lowest BCUT2D eigenvalue weighted by Gasteiger charge is -2.11. The van der Waals surface area contributed by atoms with E-state index in [0.717, 1.165) is 34.0 Å². The Morgan fingerprint density at radius 1 is 0.971 bits per heavy atom. The molecule has 0 fully saturated rings. The van der Waals surface area contributed by atoms with Gasteiger partial charge in [-0.3, -0.25) is 18.7 Å². The van der Waals surface area contributed by atoms with Gasteiger partial charge in [0.25, 0.3) is 5.56 Å². The summed E-state index contributed by atoms with van der Waals surface area (Å²) < 4.78 is 14.7. The van der Waals surface area contributed by atoms with Gasteiger partial charge in [0.2, 0.25) is 5.78 Å². The van der Waals surface area contributed by atoms with Gasteiger partial charge in [0.05, 0.1) is 10.9 Å². The van der Waals surface area contributed by atoms with E-state index in [2.05, 4.69) is 15.2 Å². The second kappa shape index (κ2) is 10.7. The second-order valence-electron chi connectivity index (χ2n) is 8.02. The number of pyridine rings is 1. The van der Waals surface area contributed by atoms with Crippen LogP contribution >= 0.6 is 11.8 Å². The van der Waals surface area contributed by atoms with E-state index in [1.54, 1.807) is 35.8 Å². The molecule has 0 amide bonds. The molecule has 0 N–H and O–H groups in total. The summed E-state index contributed by atoms with van der Waals surface area (Å²) in [4.78, 5) is 17.2. The van der Waals surface area contributed by atoms with Crippen LogP contribution in [0.15, 0.2) is 83.0 Å². The van der Waals surface area contributed by atoms with Gasteiger partial charge in [-0.15, -0.1) is 10.2 Å². The topological polar surface area (TPSA) is 83.5 Å². The number of benzene rings is 2. The van der Waals surface area contributed by atoms with Gasteiger partial charge in [-0.05, 0) is 42.3 Å². The highest BCUT2D eigenvalue weighted by Gasteiger charge is 2.16. The first-order valence-electron chi connectivity index (χ1n) is 11.3. The molecule has 0 aliphatic carbocycles. The molecule has 2 aromatic carbocycles. The highest BCUT2D eigenvalue weighted by molar-refractivity contribution is 7.98. The summed E-state index contributed by atoms with van der Waals surface area (Å²) in [5, 5.41) is 10.2. The van der Waals surface area contributed by atoms with Gasteiger partial charge in [-0.1, -0.05) is 42.1 Å². The lowest BCUT2D eigenvalue weighted by molar-refractivity contribution is 0.190. The Hall–Kier alpha value is -3.69. The number of rotatable bonds is 10. The normalized spacial score (nSPS) is 11.3. The molecule has 5 rings (SSSR count). The first kappa shape index (κ1) is 23.1. The van der Waals surface area contributed by atoms with Crippen LogP contribution in [0.2, 0.25) is 0 Å². The standard InChI is InChI=1S/C26H25N5O3S/c1-33-15-5-14-30-24(32)22-7-2-3-8-23(22)31-25(30)28-29-26(31)35-18-19-9-11-21(12-10-19)34-17-20-6-4-13-27-16-20/h2-4,6-13,16H,5,14-15,17-18H2,1H3. The minimum Gasteiger partial charge on any atom is -0.489 e. The average molecular weight is 488 g/mol. The van der Waals surface area contributed by atoms with E-state index < -0.39 is 0 Å². The highest BCUT2D eigenvalue weighted by Crippen LogP contribution is 2.26. The summed E-state index contributed by atoms with van der Waals surface area (Å²) in [6.45, 7) is 1.57. The maximum absolute atomic E-state index is 13.1. The molecule has 3 aromatic heterocycles. The number of methoxy groups -OCH3 is 1. The fraction of sp³-hybridized carbons (Fsp3) is 0.231. The van der Waals surface area contributed by atoms with E-state index >= 15 is 0 Å². The van der Waals surface area contributed by atoms with Crippen molar-refractivity contribution in [1.29, 1.82) is 0 Å². The predicted octanol–water partition coefficient (Wildman–Crippen LogP) is 4.35. The van der Waals surface area contributed by atoms with Crippen molar-refractivity contribution in [2.75, 3.05) is 13.7 Å². The summed E-state index contributed by atoms with van der Waals surface area (Å²) in [5.41, 5.74) is 2.91. The van der Waals surface area contributed by atoms with Gasteiger partial charge in [-0.2, -0.15) is 0 Å². The maximum atomic E-state index is 13.1. The van der Waals surface area contributed by atoms with Gasteiger partial charge in [-0.25, -0.2) is 0 Å². The summed E-state index contributed by atoms with van der Waals surface area (Å²) in [7, 11) is 1.66. The zero-order valence-electron chi connectivity index (χ0n) is 19.3. The molecule has 0 radical (unpaired) electrons. The highest BCUT2D eigenvalue weighted by atomic mass is 32.2. The van der Waals surface area contributed by atoms with Crippen molar-refractivity contribution in [3.8, 4) is 5.75 Å². The first-order chi connectivity index (χ1) is 17.2. The molecule has 0 unspecified atom stereocenters. The molecule has 0 aliphatic rings. The molecule has 35 heavy (non-hydrogen) atoms. The molecule has 0 aliphatic heterocycles. The molecule has 0 spiro atoms. The fourth-order valence-electron chi connectivity index (χ4n) is 3.88. The Kier molecular flexibility index (Phi) is 7.06. The van der Waals surface area contributed by atoms with Gasteiger partial charge in [0, 0.05) is 44.0 Å². The quantitative estimate of drug-likeness (QED) is 0.214. The number of para-hydroxylation sites is 1. The van der Waals surface area contributed by atoms with Crippen molar-refractivity contribution in [3.05, 3.63) is 94.5 Å². The van der Waals surface area contributed by atoms with E-state index in [0.29, 0.717) is 36.7 Å². The number of aromatic nitrogens is 5. The van der Waals surface area contributed by atoms with E-state index in [9.17, 15) is 4.79 Å². The van der Waals surface area contributed by atoms with E-state index in [1.807, 2.05) is 65.1 Å². The van der Waals surface area contributed by atoms with Crippen molar-refractivity contribution in [1.82, 2.24) is 24.1 Å². The van der Waals surface area contributed by atoms with Crippen molar-refractivity contribution < 1.29 is 9.47 Å². The molecule has 5 aromatic rings. The van der Waals surface area contributed by atoms with Crippen LogP contribution in [0, 0.1) is 0 Å². The van der Waals surface area contributed by atoms with Crippen LogP contribution in [-0.4, -0.2) is 37.9 Å². The summed E-state index contributed by atoms with van der Waals surface area (Å²) in [5.74, 6) is 2.06. The summed E-state index contributed by atoms with van der Waals surface area (Å²) >= 11 is 1.58. The predicted molar refractivity (Wildman–Crippen MR) is 136 cm³/mol. The second-order valence-corrected chi connectivity index (χ2v) is 8.96. The zero-order chi connectivity index (χ0) is 24.0. The molecule has 0 saturated heterocycles. The molecule has 8 nitrogen and oxygen atoms in total. The molecule has 0 atom stereocenters. The van der Waals surface area contributed by atoms with E-state index in [4.69, 9.17) is 9.47 Å². The van der Waals surface area contributed by atoms with Crippen LogP contribution in [0.5, 0.6) is 5.75 Å². The Labute approximate surface area is 206 Å². The minimum absolute atomic E-state index is 0.0602. The van der Waals surface area contributed by atoms with Crippen LogP contribution in [-0.2, 0) is 23.6 Å². The first-order valence-corrected chi connectivity index (χ1v) is 12.3. The molecule has 0 saturated carbocycles. The largest absolute Gasteiger partial charge is 0.489 e. The third-order valence-corrected chi connectivity index (χ3v) is 6.63. The van der Waals surface area contributed by atoms with Gasteiger partial charge < -0.3 is 9.47 Å². The number of nitrogens with zero attached hydrogens (tertiary/aromatic N) is 5. The van der Waals surface area contributed by atoms with E-state index in [1.165, 1.54) is 0 Å². The third-order valence-electron chi connectivity index (χ3n) is 5.63. The number of ether oxygens (including phenoxy) is 2. The molecular formula is C26H25N5O3S. The Bertz CT molecular complexity index is 1480. The zero-order valence-corrected chi connectivity index (χ0v) is 20.1. The van der Waals surface area contributed by atoms with Crippen molar-refractivity contribution >= 4 is 28.4 Å². The molecule has 178 valence electrons. The summed E-state index contributed by atoms with van der Waals surface area (Å²) in [6.07, 6.45) is 4.27. The van der Waals surface area contributed by atoms with Crippen LogP contribution in [0.4, 0.5) is 0 Å². The average Bonchev–Trinajstić information content (AvgIpc) is 3.33. The Morgan fingerprint density at radius 2 is 1.83 bits per heavy atom. The lowest BCUT2D eigenvalue weighted by Crippen LogP contribution is -2.24. The number of fused-ring (bicyclic) bond motifs is 3. The monoisotopic (exact) mass is 487 g/mol. The lowest BCUT2D eigenvalue weighted by atomic mass is 10.2. The Balaban J connectivity index is 1.35. The SMILES string of the molecule is COCCCn1c(=O)c2ccccc2n2c(SCc3ccc(OCc4cccnc4)cc3)nnc12. The number of aryl methyl sites for hydroxylation is 1. The van der Waals surface area contributed by atoms with Crippen LogP contribution in [0.25, 0.3) is 16.7 Å². The minimum atomic E-state index is -0.0602. The number of thioether (sulfide) groups is 1. The Morgan fingerprint density at radius 3 is 2.63 bits per heavy atom. The molecule has 3 heterocycles. The number of hydrogen-bond donors (Lipinski definition) is 0. The molecular weight excluding hydrogens is 462 g/mol. The smallest absolute Gasteiger partial charge is 0.262 e. The molecule has 0 bridgehead atoms. The van der Waals surface area contributed by atoms with Crippen LogP contribution < -0.4 is 10.3 Å². The van der Waals surface area contributed by atoms with E-state index in [-0.39, 0.29) is 5.56 Å². The van der Waals surface area contributed by atoms with Crippen molar-refractivity contribution in [3.63, 3.8) is 0 Å².